The number of nitriles is 2. The minimum atomic E-state index is 0.0223. The Bertz CT molecular complexity index is 772. The maximum atomic E-state index is 8.68. The van der Waals surface area contributed by atoms with E-state index in [0.29, 0.717) is 5.13 Å². The Hall–Kier alpha value is -2.63. The number of benzene rings is 1. The molecule has 0 bridgehead atoms. The molecule has 0 fully saturated rings. The van der Waals surface area contributed by atoms with Crippen molar-refractivity contribution in [3.63, 3.8) is 0 Å². The zero-order valence-electron chi connectivity index (χ0n) is 12.1. The molecule has 1 aromatic heterocycles. The van der Waals surface area contributed by atoms with Crippen molar-refractivity contribution < 1.29 is 0 Å². The summed E-state index contributed by atoms with van der Waals surface area (Å²) in [5.41, 5.74) is 5.70. The number of thiazole rings is 1. The van der Waals surface area contributed by atoms with E-state index in [1.54, 1.807) is 12.1 Å². The molecule has 1 heterocycles. The molecule has 2 aromatic rings. The fourth-order valence-electron chi connectivity index (χ4n) is 1.92. The van der Waals surface area contributed by atoms with E-state index in [4.69, 9.17) is 10.5 Å². The summed E-state index contributed by atoms with van der Waals surface area (Å²) in [6.45, 7) is 6.24. The predicted octanol–water partition coefficient (Wildman–Crippen LogP) is 4.08. The Morgan fingerprint density at radius 1 is 1.14 bits per heavy atom. The maximum Gasteiger partial charge on any atom is 0.187 e. The standard InChI is InChI=1S/C16H14N4S/c1-10-4-12(3)14(5-11(10)2)15-9-21-16(20-15)19-8-13(6-17)7-18/h4-5,8-9H,1-3H3,(H,19,20). The molecule has 1 aromatic carbocycles. The first-order chi connectivity index (χ1) is 10.0. The zero-order valence-corrected chi connectivity index (χ0v) is 12.9. The largest absolute Gasteiger partial charge is 0.336 e. The number of hydrogen-bond acceptors (Lipinski definition) is 5. The summed E-state index contributed by atoms with van der Waals surface area (Å²) in [6.07, 6.45) is 1.37. The number of hydrogen-bond donors (Lipinski definition) is 1. The molecule has 0 saturated carbocycles. The fourth-order valence-corrected chi connectivity index (χ4v) is 2.60. The quantitative estimate of drug-likeness (QED) is 0.866. The Balaban J connectivity index is 2.29. The molecule has 0 radical (unpaired) electrons. The van der Waals surface area contributed by atoms with E-state index in [9.17, 15) is 0 Å². The minimum absolute atomic E-state index is 0.0223. The summed E-state index contributed by atoms with van der Waals surface area (Å²) in [6, 6.07) is 7.88. The second-order valence-corrected chi connectivity index (χ2v) is 5.57. The lowest BCUT2D eigenvalue weighted by Gasteiger charge is -2.07. The summed E-state index contributed by atoms with van der Waals surface area (Å²) >= 11 is 1.44. The van der Waals surface area contributed by atoms with Crippen molar-refractivity contribution in [1.29, 1.82) is 10.5 Å². The first kappa shape index (κ1) is 14.8. The van der Waals surface area contributed by atoms with Crippen LogP contribution < -0.4 is 5.32 Å². The number of nitrogens with zero attached hydrogens (tertiary/aromatic N) is 3. The molecule has 2 rings (SSSR count). The molecule has 1 N–H and O–H groups in total. The summed E-state index contributed by atoms with van der Waals surface area (Å²) in [7, 11) is 0. The van der Waals surface area contributed by atoms with Crippen molar-refractivity contribution in [1.82, 2.24) is 4.98 Å². The van der Waals surface area contributed by atoms with Gasteiger partial charge in [-0.05, 0) is 43.5 Å². The van der Waals surface area contributed by atoms with E-state index in [1.807, 2.05) is 5.38 Å². The van der Waals surface area contributed by atoms with Crippen molar-refractivity contribution in [3.05, 3.63) is 46.0 Å². The summed E-state index contributed by atoms with van der Waals surface area (Å²) < 4.78 is 0. The third-order valence-electron chi connectivity index (χ3n) is 3.20. The van der Waals surface area contributed by atoms with E-state index in [1.165, 1.54) is 34.2 Å². The molecular formula is C16H14N4S. The van der Waals surface area contributed by atoms with Gasteiger partial charge in [0, 0.05) is 17.1 Å². The van der Waals surface area contributed by atoms with Gasteiger partial charge in [0.05, 0.1) is 5.69 Å². The van der Waals surface area contributed by atoms with Gasteiger partial charge in [-0.2, -0.15) is 10.5 Å². The number of anilines is 1. The number of rotatable bonds is 3. The van der Waals surface area contributed by atoms with Crippen LogP contribution in [-0.2, 0) is 0 Å². The molecule has 0 atom stereocenters. The molecule has 21 heavy (non-hydrogen) atoms. The van der Waals surface area contributed by atoms with Gasteiger partial charge in [0.1, 0.15) is 17.7 Å². The first-order valence-electron chi connectivity index (χ1n) is 6.35. The van der Waals surface area contributed by atoms with Gasteiger partial charge in [0.15, 0.2) is 5.13 Å². The van der Waals surface area contributed by atoms with Gasteiger partial charge < -0.3 is 5.32 Å². The lowest BCUT2D eigenvalue weighted by atomic mass is 9.99. The molecule has 0 aliphatic carbocycles. The minimum Gasteiger partial charge on any atom is -0.336 e. The normalized spacial score (nSPS) is 9.57. The van der Waals surface area contributed by atoms with Crippen molar-refractivity contribution in [2.24, 2.45) is 0 Å². The molecule has 0 saturated heterocycles. The molecule has 0 unspecified atom stereocenters. The average Bonchev–Trinajstić information content (AvgIpc) is 2.92. The van der Waals surface area contributed by atoms with Gasteiger partial charge in [-0.25, -0.2) is 4.98 Å². The Kier molecular flexibility index (Phi) is 4.37. The number of nitrogens with one attached hydrogen (secondary N) is 1. The van der Waals surface area contributed by atoms with E-state index in [2.05, 4.69) is 43.2 Å². The summed E-state index contributed by atoms with van der Waals surface area (Å²) in [5.74, 6) is 0. The van der Waals surface area contributed by atoms with E-state index in [0.717, 1.165) is 11.3 Å². The second-order valence-electron chi connectivity index (χ2n) is 4.72. The summed E-state index contributed by atoms with van der Waals surface area (Å²) in [4.78, 5) is 4.50. The number of aromatic nitrogens is 1. The topological polar surface area (TPSA) is 72.5 Å². The Morgan fingerprint density at radius 2 is 1.81 bits per heavy atom. The number of aryl methyl sites for hydroxylation is 3. The van der Waals surface area contributed by atoms with Gasteiger partial charge in [0.2, 0.25) is 0 Å². The Labute approximate surface area is 128 Å². The first-order valence-corrected chi connectivity index (χ1v) is 7.23. The van der Waals surface area contributed by atoms with Crippen LogP contribution in [0, 0.1) is 43.4 Å². The van der Waals surface area contributed by atoms with Crippen LogP contribution >= 0.6 is 11.3 Å². The highest BCUT2D eigenvalue weighted by Crippen LogP contribution is 2.29. The second kappa shape index (κ2) is 6.21. The molecule has 4 nitrogen and oxygen atoms in total. The van der Waals surface area contributed by atoms with Crippen LogP contribution in [0.4, 0.5) is 5.13 Å². The van der Waals surface area contributed by atoms with E-state index < -0.39 is 0 Å². The van der Waals surface area contributed by atoms with Crippen molar-refractivity contribution in [3.8, 4) is 23.4 Å². The average molecular weight is 294 g/mol. The molecule has 0 spiro atoms. The van der Waals surface area contributed by atoms with E-state index >= 15 is 0 Å². The zero-order chi connectivity index (χ0) is 15.4. The fraction of sp³-hybridized carbons (Fsp3) is 0.188. The molecule has 104 valence electrons. The molecular weight excluding hydrogens is 280 g/mol. The van der Waals surface area contributed by atoms with Gasteiger partial charge in [-0.3, -0.25) is 0 Å². The van der Waals surface area contributed by atoms with Crippen LogP contribution in [0.3, 0.4) is 0 Å². The maximum absolute atomic E-state index is 8.68. The molecule has 0 aliphatic heterocycles. The molecule has 0 amide bonds. The van der Waals surface area contributed by atoms with Crippen molar-refractivity contribution in [2.75, 3.05) is 5.32 Å². The van der Waals surface area contributed by atoms with E-state index in [-0.39, 0.29) is 5.57 Å². The lowest BCUT2D eigenvalue weighted by Crippen LogP contribution is -1.91. The highest BCUT2D eigenvalue weighted by molar-refractivity contribution is 7.14. The third-order valence-corrected chi connectivity index (χ3v) is 3.98. The van der Waals surface area contributed by atoms with Crippen LogP contribution in [-0.4, -0.2) is 4.98 Å². The molecule has 0 aliphatic rings. The molecule has 5 heteroatoms. The van der Waals surface area contributed by atoms with Crippen LogP contribution in [0.25, 0.3) is 11.3 Å². The van der Waals surface area contributed by atoms with Crippen LogP contribution in [0.5, 0.6) is 0 Å². The SMILES string of the molecule is Cc1cc(C)c(-c2csc(NC=C(C#N)C#N)n2)cc1C. The van der Waals surface area contributed by atoms with Gasteiger partial charge in [-0.1, -0.05) is 6.07 Å². The van der Waals surface area contributed by atoms with Gasteiger partial charge in [0.25, 0.3) is 0 Å². The monoisotopic (exact) mass is 294 g/mol. The third kappa shape index (κ3) is 3.28. The highest BCUT2D eigenvalue weighted by Gasteiger charge is 2.08. The Morgan fingerprint density at radius 3 is 2.48 bits per heavy atom. The van der Waals surface area contributed by atoms with Crippen LogP contribution in [0.1, 0.15) is 16.7 Å². The lowest BCUT2D eigenvalue weighted by molar-refractivity contribution is 1.28. The van der Waals surface area contributed by atoms with Crippen LogP contribution in [0.15, 0.2) is 29.3 Å². The van der Waals surface area contributed by atoms with Gasteiger partial charge in [-0.15, -0.1) is 11.3 Å². The predicted molar refractivity (Wildman–Crippen MR) is 84.7 cm³/mol. The highest BCUT2D eigenvalue weighted by atomic mass is 32.1. The van der Waals surface area contributed by atoms with Crippen LogP contribution in [0.2, 0.25) is 0 Å². The summed E-state index contributed by atoms with van der Waals surface area (Å²) in [5, 5.41) is 22.9. The smallest absolute Gasteiger partial charge is 0.187 e. The van der Waals surface area contributed by atoms with Gasteiger partial charge >= 0.3 is 0 Å². The van der Waals surface area contributed by atoms with Crippen molar-refractivity contribution >= 4 is 16.5 Å². The number of allylic oxidation sites excluding steroid dienone is 1. The van der Waals surface area contributed by atoms with Crippen molar-refractivity contribution in [2.45, 2.75) is 20.8 Å².